The smallest absolute Gasteiger partial charge is 0.267 e. The van der Waals surface area contributed by atoms with Crippen molar-refractivity contribution < 1.29 is 4.79 Å². The lowest BCUT2D eigenvalue weighted by molar-refractivity contribution is 0.0954. The molecule has 0 spiro atoms. The van der Waals surface area contributed by atoms with E-state index in [-0.39, 0.29) is 5.91 Å². The van der Waals surface area contributed by atoms with Crippen molar-refractivity contribution in [3.63, 3.8) is 0 Å². The number of rotatable bonds is 6. The van der Waals surface area contributed by atoms with E-state index in [9.17, 15) is 4.79 Å². The Bertz CT molecular complexity index is 639. The van der Waals surface area contributed by atoms with E-state index in [1.54, 1.807) is 24.5 Å². The van der Waals surface area contributed by atoms with Crippen LogP contribution in [-0.2, 0) is 6.42 Å². The molecule has 1 aromatic carbocycles. The molecule has 0 saturated carbocycles. The lowest BCUT2D eigenvalue weighted by Crippen LogP contribution is -2.19. The molecule has 1 heterocycles. The highest BCUT2D eigenvalue weighted by atomic mass is 79.9. The van der Waals surface area contributed by atoms with Crippen molar-refractivity contribution in [2.24, 2.45) is 5.10 Å². The quantitative estimate of drug-likeness (QED) is 0.626. The second kappa shape index (κ2) is 8.44. The second-order valence-corrected chi connectivity index (χ2v) is 5.75. The number of benzene rings is 1. The zero-order valence-corrected chi connectivity index (χ0v) is 14.0. The van der Waals surface area contributed by atoms with Gasteiger partial charge in [0.15, 0.2) is 0 Å². The minimum Gasteiger partial charge on any atom is -0.267 e. The predicted molar refractivity (Wildman–Crippen MR) is 91.9 cm³/mol. The maximum Gasteiger partial charge on any atom is 0.271 e. The molecule has 0 aliphatic carbocycles. The number of nitrogens with one attached hydrogen (secondary N) is 1. The first-order chi connectivity index (χ1) is 10.7. The zero-order chi connectivity index (χ0) is 15.8. The summed E-state index contributed by atoms with van der Waals surface area (Å²) in [5, 5.41) is 4.24. The Morgan fingerprint density at radius 1 is 1.18 bits per heavy atom. The number of aryl methyl sites for hydroxylation is 1. The van der Waals surface area contributed by atoms with Gasteiger partial charge in [-0.3, -0.25) is 9.78 Å². The summed E-state index contributed by atoms with van der Waals surface area (Å²) in [6, 6.07) is 11.6. The van der Waals surface area contributed by atoms with Gasteiger partial charge in [-0.1, -0.05) is 35.0 Å². The van der Waals surface area contributed by atoms with Crippen LogP contribution in [0.5, 0.6) is 0 Å². The van der Waals surface area contributed by atoms with Gasteiger partial charge in [0.25, 0.3) is 5.91 Å². The average Bonchev–Trinajstić information content (AvgIpc) is 2.57. The third kappa shape index (κ3) is 5.07. The number of carbonyl (C=O) groups is 1. The first-order valence-electron chi connectivity index (χ1n) is 7.19. The summed E-state index contributed by atoms with van der Waals surface area (Å²) >= 11 is 3.43. The Morgan fingerprint density at radius 2 is 1.86 bits per heavy atom. The van der Waals surface area contributed by atoms with Gasteiger partial charge in [0.05, 0.1) is 0 Å². The molecule has 5 heteroatoms. The summed E-state index contributed by atoms with van der Waals surface area (Å²) in [5.74, 6) is -0.211. The highest BCUT2D eigenvalue weighted by molar-refractivity contribution is 9.10. The Hall–Kier alpha value is -2.01. The van der Waals surface area contributed by atoms with Crippen molar-refractivity contribution >= 4 is 27.5 Å². The van der Waals surface area contributed by atoms with Crippen molar-refractivity contribution in [3.05, 3.63) is 64.4 Å². The van der Waals surface area contributed by atoms with Gasteiger partial charge in [-0.05, 0) is 49.1 Å². The topological polar surface area (TPSA) is 54.4 Å². The van der Waals surface area contributed by atoms with Crippen molar-refractivity contribution in [1.82, 2.24) is 10.4 Å². The van der Waals surface area contributed by atoms with Crippen LogP contribution in [0.2, 0.25) is 0 Å². The number of aromatic nitrogens is 1. The van der Waals surface area contributed by atoms with Crippen molar-refractivity contribution in [1.29, 1.82) is 0 Å². The lowest BCUT2D eigenvalue weighted by atomic mass is 10.1. The van der Waals surface area contributed by atoms with Crippen LogP contribution in [0.1, 0.15) is 35.7 Å². The van der Waals surface area contributed by atoms with E-state index in [0.717, 1.165) is 29.4 Å². The molecule has 0 bridgehead atoms. The zero-order valence-electron chi connectivity index (χ0n) is 12.4. The van der Waals surface area contributed by atoms with Crippen LogP contribution >= 0.6 is 15.9 Å². The van der Waals surface area contributed by atoms with E-state index in [2.05, 4.69) is 43.6 Å². The maximum absolute atomic E-state index is 11.9. The van der Waals surface area contributed by atoms with Crippen molar-refractivity contribution in [2.75, 3.05) is 0 Å². The van der Waals surface area contributed by atoms with E-state index in [0.29, 0.717) is 5.56 Å². The standard InChI is InChI=1S/C17H18BrN3O/c1-2-16(8-5-13-3-6-15(18)7-4-13)20-21-17(22)14-9-11-19-12-10-14/h3-4,6-7,9-12H,2,5,8H2,1H3,(H,21,22)/b20-16+. The van der Waals surface area contributed by atoms with Crippen LogP contribution in [0.4, 0.5) is 0 Å². The fourth-order valence-electron chi connectivity index (χ4n) is 1.95. The van der Waals surface area contributed by atoms with Gasteiger partial charge >= 0.3 is 0 Å². The average molecular weight is 360 g/mol. The fourth-order valence-corrected chi connectivity index (χ4v) is 2.21. The Balaban J connectivity index is 1.90. The van der Waals surface area contributed by atoms with Crippen LogP contribution in [0.3, 0.4) is 0 Å². The summed E-state index contributed by atoms with van der Waals surface area (Å²) < 4.78 is 1.07. The molecule has 0 aliphatic heterocycles. The van der Waals surface area contributed by atoms with Gasteiger partial charge in [0, 0.05) is 28.1 Å². The summed E-state index contributed by atoms with van der Waals surface area (Å²) in [5.41, 5.74) is 5.40. The van der Waals surface area contributed by atoms with E-state index < -0.39 is 0 Å². The molecule has 2 aromatic rings. The molecule has 0 aliphatic rings. The molecule has 1 aromatic heterocycles. The Kier molecular flexibility index (Phi) is 6.27. The molecule has 114 valence electrons. The van der Waals surface area contributed by atoms with Gasteiger partial charge < -0.3 is 0 Å². The molecule has 0 radical (unpaired) electrons. The second-order valence-electron chi connectivity index (χ2n) is 4.83. The third-order valence-corrected chi connectivity index (χ3v) is 3.81. The molecular weight excluding hydrogens is 342 g/mol. The number of amides is 1. The van der Waals surface area contributed by atoms with E-state index in [1.165, 1.54) is 5.56 Å². The maximum atomic E-state index is 11.9. The minimum atomic E-state index is -0.211. The first kappa shape index (κ1) is 16.4. The molecule has 0 atom stereocenters. The van der Waals surface area contributed by atoms with Crippen LogP contribution in [-0.4, -0.2) is 16.6 Å². The largest absolute Gasteiger partial charge is 0.271 e. The van der Waals surface area contributed by atoms with Gasteiger partial charge in [-0.2, -0.15) is 5.10 Å². The fraction of sp³-hybridized carbons (Fsp3) is 0.235. The van der Waals surface area contributed by atoms with E-state index >= 15 is 0 Å². The van der Waals surface area contributed by atoms with Gasteiger partial charge in [-0.15, -0.1) is 0 Å². The molecular formula is C17H18BrN3O. The molecule has 4 nitrogen and oxygen atoms in total. The van der Waals surface area contributed by atoms with Gasteiger partial charge in [0.2, 0.25) is 0 Å². The molecule has 0 unspecified atom stereocenters. The first-order valence-corrected chi connectivity index (χ1v) is 7.98. The summed E-state index contributed by atoms with van der Waals surface area (Å²) in [4.78, 5) is 15.8. The molecule has 1 amide bonds. The molecule has 0 saturated heterocycles. The number of hydrazone groups is 1. The number of hydrogen-bond acceptors (Lipinski definition) is 3. The third-order valence-electron chi connectivity index (χ3n) is 3.28. The van der Waals surface area contributed by atoms with Crippen molar-refractivity contribution in [2.45, 2.75) is 26.2 Å². The predicted octanol–water partition coefficient (Wildman–Crippen LogP) is 3.97. The van der Waals surface area contributed by atoms with Crippen LogP contribution < -0.4 is 5.43 Å². The number of carbonyl (C=O) groups excluding carboxylic acids is 1. The van der Waals surface area contributed by atoms with E-state index in [4.69, 9.17) is 0 Å². The lowest BCUT2D eigenvalue weighted by Gasteiger charge is -2.06. The number of halogens is 1. The minimum absolute atomic E-state index is 0.211. The molecule has 0 fully saturated rings. The number of pyridine rings is 1. The molecule has 2 rings (SSSR count). The monoisotopic (exact) mass is 359 g/mol. The molecule has 1 N–H and O–H groups in total. The van der Waals surface area contributed by atoms with Gasteiger partial charge in [0.1, 0.15) is 0 Å². The summed E-state index contributed by atoms with van der Waals surface area (Å²) in [6.45, 7) is 2.04. The van der Waals surface area contributed by atoms with Crippen molar-refractivity contribution in [3.8, 4) is 0 Å². The Morgan fingerprint density at radius 3 is 2.50 bits per heavy atom. The SMILES string of the molecule is CC/C(CCc1ccc(Br)cc1)=N\NC(=O)c1ccncc1. The summed E-state index contributed by atoms with van der Waals surface area (Å²) in [6.07, 6.45) is 5.73. The van der Waals surface area contributed by atoms with Gasteiger partial charge in [-0.25, -0.2) is 5.43 Å². The highest BCUT2D eigenvalue weighted by Crippen LogP contribution is 2.12. The van der Waals surface area contributed by atoms with Crippen LogP contribution in [0.15, 0.2) is 58.4 Å². The van der Waals surface area contributed by atoms with Crippen LogP contribution in [0.25, 0.3) is 0 Å². The normalized spacial score (nSPS) is 11.3. The van der Waals surface area contributed by atoms with Crippen LogP contribution in [0, 0.1) is 0 Å². The summed E-state index contributed by atoms with van der Waals surface area (Å²) in [7, 11) is 0. The number of hydrogen-bond donors (Lipinski definition) is 1. The van der Waals surface area contributed by atoms with E-state index in [1.807, 2.05) is 19.1 Å². The highest BCUT2D eigenvalue weighted by Gasteiger charge is 2.04. The number of nitrogens with zero attached hydrogens (tertiary/aromatic N) is 2. The molecule has 22 heavy (non-hydrogen) atoms. The Labute approximate surface area is 138 Å².